The Hall–Kier alpha value is -4.87. The number of carboxylic acid groups (broad SMARTS) is 1. The maximum absolute atomic E-state index is 14.5. The molecule has 2 aliphatic rings. The molecule has 0 spiro atoms. The number of Topliss-reactive ketones (excluding diaryl/α,β-unsaturated/α-hetero) is 1. The second kappa shape index (κ2) is 16.7. The van der Waals surface area contributed by atoms with Crippen LogP contribution >= 0.6 is 0 Å². The van der Waals surface area contributed by atoms with E-state index in [-0.39, 0.29) is 44.0 Å². The average molecular weight is 701 g/mol. The third-order valence-electron chi connectivity index (χ3n) is 9.32. The van der Waals surface area contributed by atoms with Crippen LogP contribution in [-0.4, -0.2) is 106 Å². The highest BCUT2D eigenvalue weighted by Crippen LogP contribution is 2.33. The van der Waals surface area contributed by atoms with Crippen LogP contribution in [0.2, 0.25) is 0 Å². The van der Waals surface area contributed by atoms with Gasteiger partial charge >= 0.3 is 6.09 Å². The van der Waals surface area contributed by atoms with Crippen LogP contribution in [0, 0.1) is 5.92 Å². The summed E-state index contributed by atoms with van der Waals surface area (Å²) in [6, 6.07) is -4.10. The van der Waals surface area contributed by atoms with Gasteiger partial charge in [0.2, 0.25) is 17.6 Å². The van der Waals surface area contributed by atoms with Gasteiger partial charge in [0.15, 0.2) is 0 Å². The number of carbonyl (C=O) groups is 6. The first-order chi connectivity index (χ1) is 23.6. The van der Waals surface area contributed by atoms with Crippen molar-refractivity contribution in [3.05, 3.63) is 30.1 Å². The number of ketones is 1. The number of rotatable bonds is 16. The van der Waals surface area contributed by atoms with E-state index in [1.165, 1.54) is 28.3 Å². The summed E-state index contributed by atoms with van der Waals surface area (Å²) in [5.41, 5.74) is 4.43. The number of primary amides is 1. The van der Waals surface area contributed by atoms with Crippen molar-refractivity contribution in [3.8, 4) is 0 Å². The van der Waals surface area contributed by atoms with Gasteiger partial charge in [0.1, 0.15) is 23.4 Å². The Kier molecular flexibility index (Phi) is 12.7. The molecule has 1 saturated carbocycles. The number of nitrogens with zero attached hydrogens (tertiary/aromatic N) is 6. The minimum Gasteiger partial charge on any atom is -0.465 e. The van der Waals surface area contributed by atoms with Crippen molar-refractivity contribution in [2.45, 2.75) is 108 Å². The Bertz CT molecular complexity index is 1540. The molecule has 1 aliphatic heterocycles. The summed E-state index contributed by atoms with van der Waals surface area (Å²) in [5.74, 6) is -3.89. The standard InChI is InChI=1S/C32H48N10O8/c1-32(2,50)25-15-36-39-42(25)20-14-24(29(46)37-21(26(43)27(33)44)11-7-8-12-34-31(48)49)41(16-20)30(47)22(13-19-9-5-4-6-10-19)38-28(45)23-17-40(3)18-35-23/h15,17-22,24,34,50H,4-14,16H2,1-3H3,(H2,33,44)(H,37,46)(H,38,45)(H,48,49)/t20-,21?,22?,24-/m0/s1. The third-order valence-corrected chi connectivity index (χ3v) is 9.32. The average Bonchev–Trinajstić information content (AvgIpc) is 3.83. The van der Waals surface area contributed by atoms with Crippen molar-refractivity contribution in [3.63, 3.8) is 0 Å². The van der Waals surface area contributed by atoms with E-state index in [4.69, 9.17) is 10.8 Å². The molecule has 4 rings (SSSR count). The first-order valence-corrected chi connectivity index (χ1v) is 17.0. The SMILES string of the molecule is Cn1cnc(C(=O)NC(CC2CCCCC2)C(=O)N2C[C@@H](n3nncc3C(C)(C)O)C[C@H]2C(=O)NC(CCCCNC(=O)O)C(=O)C(N)=O)c1. The van der Waals surface area contributed by atoms with E-state index >= 15 is 0 Å². The van der Waals surface area contributed by atoms with Gasteiger partial charge in [0, 0.05) is 32.8 Å². The Balaban J connectivity index is 1.63. The third kappa shape index (κ3) is 9.86. The first kappa shape index (κ1) is 37.9. The lowest BCUT2D eigenvalue weighted by Crippen LogP contribution is -2.56. The highest BCUT2D eigenvalue weighted by atomic mass is 16.4. The molecule has 18 heteroatoms. The molecule has 1 saturated heterocycles. The lowest BCUT2D eigenvalue weighted by Gasteiger charge is -2.32. The lowest BCUT2D eigenvalue weighted by atomic mass is 9.84. The van der Waals surface area contributed by atoms with Gasteiger partial charge in [-0.3, -0.25) is 24.0 Å². The molecule has 274 valence electrons. The smallest absolute Gasteiger partial charge is 0.404 e. The minimum atomic E-state index is -1.35. The number of aryl methyl sites for hydroxylation is 1. The van der Waals surface area contributed by atoms with Crippen molar-refractivity contribution < 1.29 is 39.0 Å². The van der Waals surface area contributed by atoms with Gasteiger partial charge in [-0.25, -0.2) is 14.5 Å². The van der Waals surface area contributed by atoms with Crippen molar-refractivity contribution in [2.24, 2.45) is 18.7 Å². The number of aliphatic hydroxyl groups is 1. The topological polar surface area (TPSA) is 257 Å². The van der Waals surface area contributed by atoms with Gasteiger partial charge in [0.25, 0.3) is 11.8 Å². The van der Waals surface area contributed by atoms with E-state index in [2.05, 4.69) is 31.2 Å². The molecule has 2 unspecified atom stereocenters. The summed E-state index contributed by atoms with van der Waals surface area (Å²) in [5, 5.41) is 35.4. The number of imidazole rings is 1. The number of carbonyl (C=O) groups excluding carboxylic acids is 5. The number of likely N-dealkylation sites (tertiary alicyclic amines) is 1. The van der Waals surface area contributed by atoms with Crippen molar-refractivity contribution in [1.82, 2.24) is 45.4 Å². The molecule has 50 heavy (non-hydrogen) atoms. The van der Waals surface area contributed by atoms with Crippen LogP contribution < -0.4 is 21.7 Å². The summed E-state index contributed by atoms with van der Waals surface area (Å²) >= 11 is 0. The number of hydrogen-bond donors (Lipinski definition) is 6. The van der Waals surface area contributed by atoms with Gasteiger partial charge in [0.05, 0.1) is 30.3 Å². The highest BCUT2D eigenvalue weighted by molar-refractivity contribution is 6.37. The van der Waals surface area contributed by atoms with Gasteiger partial charge < -0.3 is 41.4 Å². The fraction of sp³-hybridized carbons (Fsp3) is 0.656. The lowest BCUT2D eigenvalue weighted by molar-refractivity contribution is -0.142. The zero-order valence-corrected chi connectivity index (χ0v) is 28.7. The molecule has 7 N–H and O–H groups in total. The van der Waals surface area contributed by atoms with E-state index < -0.39 is 65.3 Å². The van der Waals surface area contributed by atoms with Crippen LogP contribution in [0.25, 0.3) is 0 Å². The molecule has 0 radical (unpaired) electrons. The predicted molar refractivity (Wildman–Crippen MR) is 176 cm³/mol. The number of unbranched alkanes of at least 4 members (excludes halogenated alkanes) is 1. The molecule has 0 aromatic carbocycles. The van der Waals surface area contributed by atoms with E-state index in [9.17, 15) is 33.9 Å². The number of hydrogen-bond acceptors (Lipinski definition) is 10. The predicted octanol–water partition coefficient (Wildman–Crippen LogP) is 0.127. The molecule has 1 aliphatic carbocycles. The molecular weight excluding hydrogens is 652 g/mol. The number of nitrogens with two attached hydrogens (primary N) is 1. The molecule has 2 aromatic heterocycles. The quantitative estimate of drug-likeness (QED) is 0.101. The Morgan fingerprint density at radius 2 is 1.78 bits per heavy atom. The van der Waals surface area contributed by atoms with Crippen molar-refractivity contribution >= 4 is 35.5 Å². The van der Waals surface area contributed by atoms with Gasteiger partial charge in [-0.05, 0) is 45.4 Å². The fourth-order valence-electron chi connectivity index (χ4n) is 6.75. The second-order valence-electron chi connectivity index (χ2n) is 13.7. The maximum Gasteiger partial charge on any atom is 0.404 e. The van der Waals surface area contributed by atoms with Crippen LogP contribution in [0.15, 0.2) is 18.7 Å². The van der Waals surface area contributed by atoms with Gasteiger partial charge in [-0.15, -0.1) is 5.10 Å². The van der Waals surface area contributed by atoms with E-state index in [0.717, 1.165) is 32.1 Å². The Morgan fingerprint density at radius 3 is 2.40 bits per heavy atom. The van der Waals surface area contributed by atoms with E-state index in [0.29, 0.717) is 18.5 Å². The number of aromatic nitrogens is 5. The summed E-state index contributed by atoms with van der Waals surface area (Å²) in [6.45, 7) is 3.19. The Labute approximate surface area is 289 Å². The van der Waals surface area contributed by atoms with Crippen LogP contribution in [-0.2, 0) is 31.8 Å². The normalized spacial score (nSPS) is 19.4. The van der Waals surface area contributed by atoms with Crippen LogP contribution in [0.5, 0.6) is 0 Å². The van der Waals surface area contributed by atoms with Crippen molar-refractivity contribution in [2.75, 3.05) is 13.1 Å². The van der Waals surface area contributed by atoms with Crippen molar-refractivity contribution in [1.29, 1.82) is 0 Å². The number of amides is 5. The molecule has 3 heterocycles. The summed E-state index contributed by atoms with van der Waals surface area (Å²) < 4.78 is 3.08. The highest BCUT2D eigenvalue weighted by Gasteiger charge is 2.45. The molecule has 5 amide bonds. The number of nitrogens with one attached hydrogen (secondary N) is 3. The monoisotopic (exact) mass is 700 g/mol. The van der Waals surface area contributed by atoms with Gasteiger partial charge in [-0.2, -0.15) is 0 Å². The molecular formula is C32H48N10O8. The first-order valence-electron chi connectivity index (χ1n) is 17.0. The zero-order valence-electron chi connectivity index (χ0n) is 28.7. The van der Waals surface area contributed by atoms with E-state index in [1.54, 1.807) is 25.5 Å². The van der Waals surface area contributed by atoms with Gasteiger partial charge in [-0.1, -0.05) is 37.3 Å². The van der Waals surface area contributed by atoms with E-state index in [1.807, 2.05) is 0 Å². The van der Waals surface area contributed by atoms with Crippen LogP contribution in [0.4, 0.5) is 4.79 Å². The molecule has 18 nitrogen and oxygen atoms in total. The largest absolute Gasteiger partial charge is 0.465 e. The summed E-state index contributed by atoms with van der Waals surface area (Å²) in [4.78, 5) is 82.9. The molecule has 4 atom stereocenters. The molecule has 2 fully saturated rings. The zero-order chi connectivity index (χ0) is 36.6. The summed E-state index contributed by atoms with van der Waals surface area (Å²) in [6.07, 6.45) is 9.05. The second-order valence-corrected chi connectivity index (χ2v) is 13.7. The maximum atomic E-state index is 14.5. The fourth-order valence-corrected chi connectivity index (χ4v) is 6.75. The summed E-state index contributed by atoms with van der Waals surface area (Å²) in [7, 11) is 1.72. The minimum absolute atomic E-state index is 0.00469. The molecule has 0 bridgehead atoms. The molecule has 2 aromatic rings. The van der Waals surface area contributed by atoms with Crippen LogP contribution in [0.3, 0.4) is 0 Å². The van der Waals surface area contributed by atoms with Crippen LogP contribution in [0.1, 0.15) is 100 Å². The Morgan fingerprint density at radius 1 is 1.06 bits per heavy atom.